The summed E-state index contributed by atoms with van der Waals surface area (Å²) in [5.41, 5.74) is 5.54. The van der Waals surface area contributed by atoms with Gasteiger partial charge >= 0.3 is 6.61 Å². The van der Waals surface area contributed by atoms with E-state index >= 15 is 0 Å². The molecule has 24 heavy (non-hydrogen) atoms. The van der Waals surface area contributed by atoms with Crippen LogP contribution in [0, 0.1) is 0 Å². The molecule has 0 aliphatic heterocycles. The van der Waals surface area contributed by atoms with Crippen LogP contribution in [0.25, 0.3) is 6.08 Å². The van der Waals surface area contributed by atoms with Gasteiger partial charge in [-0.3, -0.25) is 20.4 Å². The Bertz CT molecular complexity index is 716. The van der Waals surface area contributed by atoms with E-state index in [4.69, 9.17) is 0 Å². The van der Waals surface area contributed by atoms with E-state index in [2.05, 4.69) is 15.6 Å². The molecule has 0 unspecified atom stereocenters. The van der Waals surface area contributed by atoms with Crippen LogP contribution in [0.4, 0.5) is 8.78 Å². The van der Waals surface area contributed by atoms with Crippen LogP contribution >= 0.6 is 0 Å². The molecule has 0 aliphatic carbocycles. The van der Waals surface area contributed by atoms with Gasteiger partial charge in [0.15, 0.2) is 0 Å². The quantitative estimate of drug-likeness (QED) is 0.653. The van der Waals surface area contributed by atoms with Gasteiger partial charge in [0.05, 0.1) is 0 Å². The summed E-state index contributed by atoms with van der Waals surface area (Å²) in [5, 5.41) is 0. The molecule has 0 heterocycles. The topological polar surface area (TPSA) is 67.4 Å². The Morgan fingerprint density at radius 2 is 1.62 bits per heavy atom. The number of rotatable bonds is 5. The summed E-state index contributed by atoms with van der Waals surface area (Å²) in [4.78, 5) is 23.4. The minimum atomic E-state index is -2.88. The number of nitrogens with one attached hydrogen (secondary N) is 2. The lowest BCUT2D eigenvalue weighted by Gasteiger charge is -2.05. The van der Waals surface area contributed by atoms with Crippen LogP contribution in [0.2, 0.25) is 0 Å². The maximum atomic E-state index is 12.0. The Morgan fingerprint density at radius 3 is 2.25 bits per heavy atom. The number of benzene rings is 2. The Morgan fingerprint density at radius 1 is 0.958 bits per heavy atom. The van der Waals surface area contributed by atoms with Gasteiger partial charge in [-0.25, -0.2) is 0 Å². The molecule has 0 saturated heterocycles. The van der Waals surface area contributed by atoms with Crippen LogP contribution < -0.4 is 15.6 Å². The molecule has 0 aliphatic rings. The molecule has 0 saturated carbocycles. The summed E-state index contributed by atoms with van der Waals surface area (Å²) in [5.74, 6) is -0.945. The fourth-order valence-electron chi connectivity index (χ4n) is 1.75. The van der Waals surface area contributed by atoms with Crippen molar-refractivity contribution in [1.82, 2.24) is 10.9 Å². The summed E-state index contributed by atoms with van der Waals surface area (Å²) in [6, 6.07) is 14.2. The zero-order valence-corrected chi connectivity index (χ0v) is 12.4. The van der Waals surface area contributed by atoms with E-state index in [0.717, 1.165) is 0 Å². The minimum absolute atomic E-state index is 0.0294. The zero-order valence-electron chi connectivity index (χ0n) is 12.4. The fraction of sp³-hybridized carbons (Fsp3) is 0.0588. The first-order valence-corrected chi connectivity index (χ1v) is 6.93. The molecule has 0 fully saturated rings. The second-order valence-electron chi connectivity index (χ2n) is 4.59. The van der Waals surface area contributed by atoms with Gasteiger partial charge in [0.2, 0.25) is 0 Å². The van der Waals surface area contributed by atoms with Gasteiger partial charge in [0.1, 0.15) is 5.75 Å². The first-order chi connectivity index (χ1) is 11.5. The van der Waals surface area contributed by atoms with Gasteiger partial charge in [-0.05, 0) is 35.9 Å². The van der Waals surface area contributed by atoms with Gasteiger partial charge in [-0.1, -0.05) is 30.3 Å². The van der Waals surface area contributed by atoms with Gasteiger partial charge in [0.25, 0.3) is 11.8 Å². The summed E-state index contributed by atoms with van der Waals surface area (Å²) in [6.45, 7) is -2.88. The van der Waals surface area contributed by atoms with Crippen LogP contribution in [-0.4, -0.2) is 18.4 Å². The number of carbonyl (C=O) groups excluding carboxylic acids is 2. The molecule has 7 heteroatoms. The number of hydrogen-bond acceptors (Lipinski definition) is 3. The van der Waals surface area contributed by atoms with Gasteiger partial charge in [-0.15, -0.1) is 0 Å². The SMILES string of the molecule is O=C(C=Cc1ccc(OC(F)F)cc1)NNC(=O)c1ccccc1. The lowest BCUT2D eigenvalue weighted by atomic mass is 10.2. The monoisotopic (exact) mass is 332 g/mol. The summed E-state index contributed by atoms with van der Waals surface area (Å²) in [6.07, 6.45) is 2.67. The molecule has 0 atom stereocenters. The molecule has 2 aromatic carbocycles. The van der Waals surface area contributed by atoms with E-state index in [1.165, 1.54) is 36.4 Å². The van der Waals surface area contributed by atoms with Crippen molar-refractivity contribution in [2.45, 2.75) is 6.61 Å². The van der Waals surface area contributed by atoms with E-state index in [1.807, 2.05) is 0 Å². The number of hydrazine groups is 1. The Balaban J connectivity index is 1.83. The van der Waals surface area contributed by atoms with E-state index in [9.17, 15) is 18.4 Å². The van der Waals surface area contributed by atoms with Crippen molar-refractivity contribution < 1.29 is 23.1 Å². The Labute approximate surface area is 136 Å². The lowest BCUT2D eigenvalue weighted by Crippen LogP contribution is -2.40. The first-order valence-electron chi connectivity index (χ1n) is 6.93. The second kappa shape index (κ2) is 8.42. The van der Waals surface area contributed by atoms with Crippen molar-refractivity contribution in [1.29, 1.82) is 0 Å². The van der Waals surface area contributed by atoms with Crippen molar-refractivity contribution in [2.24, 2.45) is 0 Å². The molecule has 0 spiro atoms. The predicted molar refractivity (Wildman–Crippen MR) is 84.2 cm³/mol. The number of hydrogen-bond donors (Lipinski definition) is 2. The van der Waals surface area contributed by atoms with Gasteiger partial charge in [0, 0.05) is 11.6 Å². The number of amides is 2. The molecule has 0 radical (unpaired) electrons. The molecule has 5 nitrogen and oxygen atoms in total. The molecular weight excluding hydrogens is 318 g/mol. The molecular formula is C17H14F2N2O3. The molecule has 0 aromatic heterocycles. The molecule has 124 valence electrons. The summed E-state index contributed by atoms with van der Waals surface area (Å²) in [7, 11) is 0. The smallest absolute Gasteiger partial charge is 0.387 e. The third-order valence-corrected chi connectivity index (χ3v) is 2.87. The van der Waals surface area contributed by atoms with Crippen molar-refractivity contribution in [2.75, 3.05) is 0 Å². The van der Waals surface area contributed by atoms with Crippen LogP contribution in [0.3, 0.4) is 0 Å². The molecule has 2 rings (SSSR count). The average Bonchev–Trinajstić information content (AvgIpc) is 2.59. The minimum Gasteiger partial charge on any atom is -0.435 e. The number of ether oxygens (including phenoxy) is 1. The second-order valence-corrected chi connectivity index (χ2v) is 4.59. The third-order valence-electron chi connectivity index (χ3n) is 2.87. The van der Waals surface area contributed by atoms with Crippen molar-refractivity contribution in [3.05, 3.63) is 71.8 Å². The lowest BCUT2D eigenvalue weighted by molar-refractivity contribution is -0.117. The molecule has 2 N–H and O–H groups in total. The Kier molecular flexibility index (Phi) is 6.01. The normalized spacial score (nSPS) is 10.6. The molecule has 2 amide bonds. The highest BCUT2D eigenvalue weighted by Gasteiger charge is 2.05. The van der Waals surface area contributed by atoms with E-state index < -0.39 is 18.4 Å². The maximum absolute atomic E-state index is 12.0. The van der Waals surface area contributed by atoms with E-state index in [-0.39, 0.29) is 5.75 Å². The van der Waals surface area contributed by atoms with Crippen LogP contribution in [-0.2, 0) is 4.79 Å². The highest BCUT2D eigenvalue weighted by atomic mass is 19.3. The zero-order chi connectivity index (χ0) is 17.4. The molecule has 0 bridgehead atoms. The van der Waals surface area contributed by atoms with Gasteiger partial charge in [-0.2, -0.15) is 8.78 Å². The largest absolute Gasteiger partial charge is 0.435 e. The van der Waals surface area contributed by atoms with Gasteiger partial charge < -0.3 is 4.74 Å². The number of carbonyl (C=O) groups is 2. The number of alkyl halides is 2. The average molecular weight is 332 g/mol. The Hall–Kier alpha value is -3.22. The highest BCUT2D eigenvalue weighted by molar-refractivity contribution is 5.97. The molecule has 2 aromatic rings. The summed E-state index contributed by atoms with van der Waals surface area (Å²) >= 11 is 0. The highest BCUT2D eigenvalue weighted by Crippen LogP contribution is 2.15. The van der Waals surface area contributed by atoms with E-state index in [1.54, 1.807) is 30.3 Å². The van der Waals surface area contributed by atoms with Crippen LogP contribution in [0.1, 0.15) is 15.9 Å². The number of halogens is 2. The van der Waals surface area contributed by atoms with Crippen LogP contribution in [0.15, 0.2) is 60.7 Å². The summed E-state index contributed by atoms with van der Waals surface area (Å²) < 4.78 is 28.3. The van der Waals surface area contributed by atoms with Crippen molar-refractivity contribution >= 4 is 17.9 Å². The van der Waals surface area contributed by atoms with Crippen molar-refractivity contribution in [3.8, 4) is 5.75 Å². The maximum Gasteiger partial charge on any atom is 0.387 e. The predicted octanol–water partition coefficient (Wildman–Crippen LogP) is 2.76. The van der Waals surface area contributed by atoms with E-state index in [0.29, 0.717) is 11.1 Å². The standard InChI is InChI=1S/C17H14F2N2O3/c18-17(19)24-14-9-6-12(7-10-14)8-11-15(22)20-21-16(23)13-4-2-1-3-5-13/h1-11,17H,(H,20,22)(H,21,23). The van der Waals surface area contributed by atoms with Crippen LogP contribution in [0.5, 0.6) is 5.75 Å². The fourth-order valence-corrected chi connectivity index (χ4v) is 1.75. The third kappa shape index (κ3) is 5.53. The van der Waals surface area contributed by atoms with Crippen molar-refractivity contribution in [3.63, 3.8) is 0 Å². The first kappa shape index (κ1) is 17.1.